The minimum absolute atomic E-state index is 0.214. The molecule has 5 heteroatoms. The fraction of sp³-hybridized carbons (Fsp3) is 0.600. The van der Waals surface area contributed by atoms with Crippen LogP contribution in [0.15, 0.2) is 22.7 Å². The minimum Gasteiger partial charge on any atom is -0.382 e. The molecule has 1 aromatic carbocycles. The largest absolute Gasteiger partial charge is 0.382 e. The summed E-state index contributed by atoms with van der Waals surface area (Å²) in [6.45, 7) is 4.85. The molecule has 0 bridgehead atoms. The molecule has 1 unspecified atom stereocenters. The van der Waals surface area contributed by atoms with Crippen molar-refractivity contribution < 1.29 is 13.9 Å². The maximum Gasteiger partial charge on any atom is 0.137 e. The predicted molar refractivity (Wildman–Crippen MR) is 82.6 cm³/mol. The third kappa shape index (κ3) is 6.31. The topological polar surface area (TPSA) is 30.5 Å². The van der Waals surface area contributed by atoms with E-state index in [9.17, 15) is 4.39 Å². The molecule has 1 aromatic rings. The van der Waals surface area contributed by atoms with Crippen LogP contribution in [0.1, 0.15) is 18.9 Å². The molecule has 114 valence electrons. The van der Waals surface area contributed by atoms with E-state index in [1.165, 1.54) is 6.07 Å². The van der Waals surface area contributed by atoms with Crippen LogP contribution in [0.4, 0.5) is 4.39 Å². The number of halogens is 2. The van der Waals surface area contributed by atoms with E-state index in [2.05, 4.69) is 28.2 Å². The van der Waals surface area contributed by atoms with Gasteiger partial charge in [-0.2, -0.15) is 0 Å². The molecule has 3 nitrogen and oxygen atoms in total. The van der Waals surface area contributed by atoms with Gasteiger partial charge in [0.15, 0.2) is 0 Å². The molecule has 0 amide bonds. The van der Waals surface area contributed by atoms with Crippen LogP contribution in [-0.4, -0.2) is 39.5 Å². The molecule has 20 heavy (non-hydrogen) atoms. The van der Waals surface area contributed by atoms with E-state index in [1.54, 1.807) is 13.2 Å². The zero-order chi connectivity index (χ0) is 14.8. The fourth-order valence-electron chi connectivity index (χ4n) is 2.01. The summed E-state index contributed by atoms with van der Waals surface area (Å²) < 4.78 is 24.5. The summed E-state index contributed by atoms with van der Waals surface area (Å²) in [6, 6.07) is 5.43. The van der Waals surface area contributed by atoms with Crippen molar-refractivity contribution in [2.24, 2.45) is 0 Å². The van der Waals surface area contributed by atoms with Crippen molar-refractivity contribution in [2.75, 3.05) is 33.5 Å². The smallest absolute Gasteiger partial charge is 0.137 e. The minimum atomic E-state index is -0.214. The molecule has 1 atom stereocenters. The van der Waals surface area contributed by atoms with Gasteiger partial charge < -0.3 is 14.8 Å². The molecule has 0 fully saturated rings. The quantitative estimate of drug-likeness (QED) is 0.659. The number of hydrogen-bond donors (Lipinski definition) is 1. The van der Waals surface area contributed by atoms with Gasteiger partial charge in [-0.1, -0.05) is 19.1 Å². The molecule has 0 aromatic heterocycles. The highest BCUT2D eigenvalue weighted by atomic mass is 79.9. The summed E-state index contributed by atoms with van der Waals surface area (Å²) in [5.74, 6) is -0.214. The Bertz CT molecular complexity index is 390. The normalized spacial score (nSPS) is 12.6. The second-order valence-corrected chi connectivity index (χ2v) is 5.36. The monoisotopic (exact) mass is 347 g/mol. The van der Waals surface area contributed by atoms with Gasteiger partial charge in [0, 0.05) is 19.8 Å². The van der Waals surface area contributed by atoms with Crippen molar-refractivity contribution in [3.05, 3.63) is 34.1 Å². The number of benzene rings is 1. The van der Waals surface area contributed by atoms with E-state index < -0.39 is 0 Å². The molecule has 1 N–H and O–H groups in total. The lowest BCUT2D eigenvalue weighted by Gasteiger charge is -2.19. The Morgan fingerprint density at radius 3 is 2.80 bits per heavy atom. The first-order chi connectivity index (χ1) is 9.69. The van der Waals surface area contributed by atoms with E-state index in [0.29, 0.717) is 24.3 Å². The summed E-state index contributed by atoms with van der Waals surface area (Å²) in [5, 5.41) is 3.41. The zero-order valence-corrected chi connectivity index (χ0v) is 13.7. The van der Waals surface area contributed by atoms with Crippen LogP contribution in [0.3, 0.4) is 0 Å². The van der Waals surface area contributed by atoms with Gasteiger partial charge in [0.25, 0.3) is 0 Å². The van der Waals surface area contributed by atoms with Gasteiger partial charge in [0.1, 0.15) is 5.82 Å². The fourth-order valence-corrected chi connectivity index (χ4v) is 2.43. The molecule has 0 heterocycles. The molecular weight excluding hydrogens is 325 g/mol. The zero-order valence-electron chi connectivity index (χ0n) is 12.1. The Kier molecular flexibility index (Phi) is 9.02. The summed E-state index contributed by atoms with van der Waals surface area (Å²) in [4.78, 5) is 0. The third-order valence-electron chi connectivity index (χ3n) is 3.03. The summed E-state index contributed by atoms with van der Waals surface area (Å²) in [6.07, 6.45) is 1.67. The van der Waals surface area contributed by atoms with Gasteiger partial charge in [-0.3, -0.25) is 0 Å². The Labute approximate surface area is 129 Å². The standard InChI is InChI=1S/C15H23BrFNO2/c1-3-18-13(7-8-20-10-9-19-2)11-12-5-4-6-14(17)15(12)16/h4-6,13,18H,3,7-11H2,1-2H3. The number of hydrogen-bond acceptors (Lipinski definition) is 3. The van der Waals surface area contributed by atoms with Crippen molar-refractivity contribution in [2.45, 2.75) is 25.8 Å². The highest BCUT2D eigenvalue weighted by Gasteiger charge is 2.12. The molecule has 0 saturated carbocycles. The van der Waals surface area contributed by atoms with Gasteiger partial charge in [-0.25, -0.2) is 4.39 Å². The first-order valence-corrected chi connectivity index (χ1v) is 7.71. The van der Waals surface area contributed by atoms with E-state index in [4.69, 9.17) is 9.47 Å². The van der Waals surface area contributed by atoms with Gasteiger partial charge >= 0.3 is 0 Å². The van der Waals surface area contributed by atoms with Crippen LogP contribution >= 0.6 is 15.9 Å². The Balaban J connectivity index is 2.47. The van der Waals surface area contributed by atoms with Crippen molar-refractivity contribution >= 4 is 15.9 Å². The number of likely N-dealkylation sites (N-methyl/N-ethyl adjacent to an activating group) is 1. The van der Waals surface area contributed by atoms with Crippen LogP contribution in [0.25, 0.3) is 0 Å². The maximum absolute atomic E-state index is 13.5. The van der Waals surface area contributed by atoms with Crippen LogP contribution < -0.4 is 5.32 Å². The number of rotatable bonds is 10. The second-order valence-electron chi connectivity index (χ2n) is 4.57. The Hall–Kier alpha value is -0.490. The third-order valence-corrected chi connectivity index (χ3v) is 3.92. The SMILES string of the molecule is CCNC(CCOCCOC)Cc1cccc(F)c1Br. The lowest BCUT2D eigenvalue weighted by atomic mass is 10.0. The first-order valence-electron chi connectivity index (χ1n) is 6.92. The number of methoxy groups -OCH3 is 1. The maximum atomic E-state index is 13.5. The Morgan fingerprint density at radius 2 is 2.10 bits per heavy atom. The van der Waals surface area contributed by atoms with E-state index >= 15 is 0 Å². The molecule has 0 saturated heterocycles. The lowest BCUT2D eigenvalue weighted by molar-refractivity contribution is 0.0658. The highest BCUT2D eigenvalue weighted by molar-refractivity contribution is 9.10. The summed E-state index contributed by atoms with van der Waals surface area (Å²) in [7, 11) is 1.66. The molecule has 0 aliphatic rings. The van der Waals surface area contributed by atoms with Crippen molar-refractivity contribution in [3.63, 3.8) is 0 Å². The van der Waals surface area contributed by atoms with Crippen LogP contribution in [0.2, 0.25) is 0 Å². The molecule has 1 rings (SSSR count). The van der Waals surface area contributed by atoms with E-state index in [-0.39, 0.29) is 11.9 Å². The molecular formula is C15H23BrFNO2. The van der Waals surface area contributed by atoms with Gasteiger partial charge in [0.05, 0.1) is 17.7 Å². The first kappa shape index (κ1) is 17.6. The average Bonchev–Trinajstić information content (AvgIpc) is 2.43. The summed E-state index contributed by atoms with van der Waals surface area (Å²) in [5.41, 5.74) is 0.979. The molecule has 0 spiro atoms. The van der Waals surface area contributed by atoms with Gasteiger partial charge in [-0.05, 0) is 46.9 Å². The highest BCUT2D eigenvalue weighted by Crippen LogP contribution is 2.22. The lowest BCUT2D eigenvalue weighted by Crippen LogP contribution is -2.32. The van der Waals surface area contributed by atoms with Crippen molar-refractivity contribution in [3.8, 4) is 0 Å². The van der Waals surface area contributed by atoms with E-state index in [1.807, 2.05) is 6.07 Å². The molecule has 0 aliphatic heterocycles. The van der Waals surface area contributed by atoms with Crippen LogP contribution in [0.5, 0.6) is 0 Å². The number of ether oxygens (including phenoxy) is 2. The van der Waals surface area contributed by atoms with Crippen molar-refractivity contribution in [1.29, 1.82) is 0 Å². The van der Waals surface area contributed by atoms with Gasteiger partial charge in [-0.15, -0.1) is 0 Å². The summed E-state index contributed by atoms with van der Waals surface area (Å²) >= 11 is 3.31. The van der Waals surface area contributed by atoms with Crippen LogP contribution in [-0.2, 0) is 15.9 Å². The number of nitrogens with one attached hydrogen (secondary N) is 1. The van der Waals surface area contributed by atoms with Crippen molar-refractivity contribution in [1.82, 2.24) is 5.32 Å². The van der Waals surface area contributed by atoms with E-state index in [0.717, 1.165) is 24.9 Å². The predicted octanol–water partition coefficient (Wildman–Crippen LogP) is 3.16. The molecule has 0 radical (unpaired) electrons. The average molecular weight is 348 g/mol. The van der Waals surface area contributed by atoms with Crippen LogP contribution in [0, 0.1) is 5.82 Å². The molecule has 0 aliphatic carbocycles. The Morgan fingerprint density at radius 1 is 1.30 bits per heavy atom. The van der Waals surface area contributed by atoms with Gasteiger partial charge in [0.2, 0.25) is 0 Å². The second kappa shape index (κ2) is 10.3.